The fourth-order valence-electron chi connectivity index (χ4n) is 4.49. The van der Waals surface area contributed by atoms with Crippen LogP contribution in [-0.2, 0) is 22.9 Å². The molecule has 2 aliphatic rings. The molecule has 1 aromatic carbocycles. The largest absolute Gasteiger partial charge is 0.411 e. The standard InChI is InChI=1S/C18H20BrFN4O4S/c1-29(26,27)24-9-12-7-13(24)6-11(12)8-17-18(23-28-22-17)16(21-25)5-10-2-3-15(20)14(19)4-10/h2-4,11-13,25H,5-9H2,1H3. The summed E-state index contributed by atoms with van der Waals surface area (Å²) in [7, 11) is -3.18. The van der Waals surface area contributed by atoms with Gasteiger partial charge < -0.3 is 5.21 Å². The molecule has 4 rings (SSSR count). The van der Waals surface area contributed by atoms with Crippen molar-refractivity contribution in [2.75, 3.05) is 12.8 Å². The summed E-state index contributed by atoms with van der Waals surface area (Å²) in [6.07, 6.45) is 3.67. The van der Waals surface area contributed by atoms with E-state index in [1.54, 1.807) is 16.4 Å². The van der Waals surface area contributed by atoms with E-state index in [1.165, 1.54) is 12.3 Å². The van der Waals surface area contributed by atoms with Crippen molar-refractivity contribution in [1.82, 2.24) is 14.6 Å². The molecular weight excluding hydrogens is 467 g/mol. The molecule has 2 fully saturated rings. The number of aromatic nitrogens is 2. The molecule has 2 heterocycles. The third-order valence-corrected chi connectivity index (χ3v) is 7.73. The second-order valence-electron chi connectivity index (χ2n) is 7.71. The molecule has 0 radical (unpaired) electrons. The van der Waals surface area contributed by atoms with Crippen molar-refractivity contribution < 1.29 is 22.6 Å². The summed E-state index contributed by atoms with van der Waals surface area (Å²) in [4.78, 5) is 0. The van der Waals surface area contributed by atoms with Crippen molar-refractivity contribution in [3.05, 3.63) is 45.4 Å². The molecular formula is C18H20BrFN4O4S. The molecule has 8 nitrogen and oxygen atoms in total. The lowest BCUT2D eigenvalue weighted by Crippen LogP contribution is -2.39. The summed E-state index contributed by atoms with van der Waals surface area (Å²) in [5.74, 6) is 0.157. The van der Waals surface area contributed by atoms with E-state index in [0.717, 1.165) is 18.4 Å². The Morgan fingerprint density at radius 3 is 2.83 bits per heavy atom. The average molecular weight is 487 g/mol. The number of fused-ring (bicyclic) bond motifs is 2. The Bertz CT molecular complexity index is 1060. The Morgan fingerprint density at radius 1 is 1.41 bits per heavy atom. The first-order valence-electron chi connectivity index (χ1n) is 9.19. The Kier molecular flexibility index (Phi) is 5.47. The molecule has 3 atom stereocenters. The van der Waals surface area contributed by atoms with Gasteiger partial charge in [-0.1, -0.05) is 16.4 Å². The van der Waals surface area contributed by atoms with Crippen molar-refractivity contribution in [1.29, 1.82) is 0 Å². The highest BCUT2D eigenvalue weighted by molar-refractivity contribution is 9.10. The van der Waals surface area contributed by atoms with Gasteiger partial charge in [-0.2, -0.15) is 4.31 Å². The molecule has 29 heavy (non-hydrogen) atoms. The van der Waals surface area contributed by atoms with Gasteiger partial charge in [0.05, 0.1) is 10.7 Å². The lowest BCUT2D eigenvalue weighted by molar-refractivity contribution is 0.256. The molecule has 1 saturated carbocycles. The highest BCUT2D eigenvalue weighted by Gasteiger charge is 2.48. The number of rotatable bonds is 6. The molecule has 2 aromatic rings. The third-order valence-electron chi connectivity index (χ3n) is 5.83. The van der Waals surface area contributed by atoms with Crippen LogP contribution in [0.1, 0.15) is 29.8 Å². The molecule has 1 aliphatic heterocycles. The summed E-state index contributed by atoms with van der Waals surface area (Å²) in [6.45, 7) is 0.527. The number of oxime groups is 1. The number of nitrogens with zero attached hydrogens (tertiary/aromatic N) is 4. The second kappa shape index (κ2) is 7.77. The maximum atomic E-state index is 13.5. The van der Waals surface area contributed by atoms with Crippen molar-refractivity contribution in [2.24, 2.45) is 17.0 Å². The average Bonchev–Trinajstić information content (AvgIpc) is 3.38. The minimum atomic E-state index is -3.18. The molecule has 0 spiro atoms. The highest BCUT2D eigenvalue weighted by Crippen LogP contribution is 2.44. The van der Waals surface area contributed by atoms with Crippen LogP contribution in [0.25, 0.3) is 0 Å². The maximum Gasteiger partial charge on any atom is 0.211 e. The van der Waals surface area contributed by atoms with Gasteiger partial charge in [0.2, 0.25) is 10.0 Å². The molecule has 1 aromatic heterocycles. The van der Waals surface area contributed by atoms with E-state index in [4.69, 9.17) is 4.63 Å². The first kappa shape index (κ1) is 20.4. The number of hydrogen-bond donors (Lipinski definition) is 1. The summed E-state index contributed by atoms with van der Waals surface area (Å²) in [5, 5.41) is 20.8. The maximum absolute atomic E-state index is 13.5. The molecule has 156 valence electrons. The van der Waals surface area contributed by atoms with Crippen LogP contribution >= 0.6 is 15.9 Å². The molecule has 2 bridgehead atoms. The number of sulfonamides is 1. The quantitative estimate of drug-likeness (QED) is 0.381. The summed E-state index contributed by atoms with van der Waals surface area (Å²) >= 11 is 3.15. The van der Waals surface area contributed by atoms with Crippen LogP contribution in [0.3, 0.4) is 0 Å². The normalized spacial score (nSPS) is 25.1. The topological polar surface area (TPSA) is 109 Å². The van der Waals surface area contributed by atoms with E-state index in [2.05, 4.69) is 31.4 Å². The summed E-state index contributed by atoms with van der Waals surface area (Å²) in [5.41, 5.74) is 1.97. The minimum Gasteiger partial charge on any atom is -0.411 e. The van der Waals surface area contributed by atoms with Gasteiger partial charge in [0, 0.05) is 19.0 Å². The fourth-order valence-corrected chi connectivity index (χ4v) is 6.09. The fraction of sp³-hybridized carbons (Fsp3) is 0.500. The van der Waals surface area contributed by atoms with Crippen LogP contribution in [0, 0.1) is 17.7 Å². The minimum absolute atomic E-state index is 0.0332. The lowest BCUT2D eigenvalue weighted by atomic mass is 9.89. The Labute approximate surface area is 175 Å². The number of benzene rings is 1. The van der Waals surface area contributed by atoms with Gasteiger partial charge in [-0.15, -0.1) is 0 Å². The first-order chi connectivity index (χ1) is 13.8. The van der Waals surface area contributed by atoms with Crippen molar-refractivity contribution in [3.63, 3.8) is 0 Å². The van der Waals surface area contributed by atoms with Gasteiger partial charge in [0.15, 0.2) is 5.69 Å². The van der Waals surface area contributed by atoms with Gasteiger partial charge in [-0.25, -0.2) is 17.4 Å². The Balaban J connectivity index is 1.48. The van der Waals surface area contributed by atoms with E-state index in [0.29, 0.717) is 28.8 Å². The SMILES string of the molecule is CS(=O)(=O)N1CC2CC1CC2Cc1nonc1C(Cc1ccc(F)c(Br)c1)=NO. The smallest absolute Gasteiger partial charge is 0.211 e. The Morgan fingerprint density at radius 2 is 2.21 bits per heavy atom. The number of piperidine rings is 1. The predicted molar refractivity (Wildman–Crippen MR) is 106 cm³/mol. The van der Waals surface area contributed by atoms with E-state index in [1.807, 2.05) is 0 Å². The van der Waals surface area contributed by atoms with Gasteiger partial charge in [0.25, 0.3) is 0 Å². The molecule has 1 aliphatic carbocycles. The van der Waals surface area contributed by atoms with Crippen molar-refractivity contribution in [2.45, 2.75) is 31.7 Å². The van der Waals surface area contributed by atoms with Crippen LogP contribution in [0.4, 0.5) is 4.39 Å². The van der Waals surface area contributed by atoms with Crippen molar-refractivity contribution in [3.8, 4) is 0 Å². The predicted octanol–water partition coefficient (Wildman–Crippen LogP) is 2.60. The van der Waals surface area contributed by atoms with Gasteiger partial charge >= 0.3 is 0 Å². The van der Waals surface area contributed by atoms with Gasteiger partial charge in [-0.05, 0) is 69.9 Å². The zero-order chi connectivity index (χ0) is 20.8. The van der Waals surface area contributed by atoms with E-state index in [-0.39, 0.29) is 35.8 Å². The van der Waals surface area contributed by atoms with Crippen LogP contribution < -0.4 is 0 Å². The molecule has 3 unspecified atom stereocenters. The summed E-state index contributed by atoms with van der Waals surface area (Å²) < 4.78 is 44.0. The molecule has 0 amide bonds. The van der Waals surface area contributed by atoms with Gasteiger partial charge in [-0.3, -0.25) is 0 Å². The summed E-state index contributed by atoms with van der Waals surface area (Å²) in [6, 6.07) is 4.59. The zero-order valence-electron chi connectivity index (χ0n) is 15.6. The molecule has 1 N–H and O–H groups in total. The van der Waals surface area contributed by atoms with E-state index in [9.17, 15) is 18.0 Å². The van der Waals surface area contributed by atoms with E-state index >= 15 is 0 Å². The number of hydrogen-bond acceptors (Lipinski definition) is 7. The van der Waals surface area contributed by atoms with Crippen LogP contribution in [0.15, 0.2) is 32.5 Å². The highest BCUT2D eigenvalue weighted by atomic mass is 79.9. The first-order valence-corrected chi connectivity index (χ1v) is 11.8. The van der Waals surface area contributed by atoms with Crippen LogP contribution in [0.5, 0.6) is 0 Å². The number of halogens is 2. The van der Waals surface area contributed by atoms with Gasteiger partial charge in [0.1, 0.15) is 17.2 Å². The van der Waals surface area contributed by atoms with Crippen LogP contribution in [0.2, 0.25) is 0 Å². The second-order valence-corrected chi connectivity index (χ2v) is 10.5. The molecule has 1 saturated heterocycles. The third kappa shape index (κ3) is 4.08. The molecule has 11 heteroatoms. The zero-order valence-corrected chi connectivity index (χ0v) is 18.0. The van der Waals surface area contributed by atoms with E-state index < -0.39 is 10.0 Å². The Hall–Kier alpha value is -1.85. The van der Waals surface area contributed by atoms with Crippen molar-refractivity contribution >= 4 is 31.7 Å². The monoisotopic (exact) mass is 486 g/mol. The van der Waals surface area contributed by atoms with Crippen LogP contribution in [-0.4, -0.2) is 52.8 Å². The lowest BCUT2D eigenvalue weighted by Gasteiger charge is -2.29.